The molecule has 0 aliphatic rings. The lowest BCUT2D eigenvalue weighted by atomic mass is 10.2. The molecule has 0 heterocycles. The summed E-state index contributed by atoms with van der Waals surface area (Å²) in [6.07, 6.45) is 5.74. The normalized spacial score (nSPS) is 14.1. The zero-order chi connectivity index (χ0) is 7.98. The van der Waals surface area contributed by atoms with Crippen LogP contribution in [0, 0.1) is 0 Å². The summed E-state index contributed by atoms with van der Waals surface area (Å²) >= 11 is 0. The molecule has 0 saturated heterocycles. The molecule has 0 bridgehead atoms. The third-order valence-electron chi connectivity index (χ3n) is 2.40. The first-order valence-electron chi connectivity index (χ1n) is 4.72. The molecule has 1 heteroatoms. The summed E-state index contributed by atoms with van der Waals surface area (Å²) in [4.78, 5) is 0. The second-order valence-corrected chi connectivity index (χ2v) is 6.99. The molecule has 0 aromatic carbocycles. The molecule has 0 aliphatic carbocycles. The van der Waals surface area contributed by atoms with Gasteiger partial charge in [0.2, 0.25) is 0 Å². The predicted octanol–water partition coefficient (Wildman–Crippen LogP) is 3.44. The van der Waals surface area contributed by atoms with E-state index in [4.69, 9.17) is 0 Å². The van der Waals surface area contributed by atoms with E-state index in [0.717, 1.165) is 5.54 Å². The zero-order valence-corrected chi connectivity index (χ0v) is 9.14. The van der Waals surface area contributed by atoms with Crippen LogP contribution in [-0.2, 0) is 0 Å². The molecular formula is C9H22Si. The minimum atomic E-state index is -0.317. The van der Waals surface area contributed by atoms with Crippen LogP contribution in [-0.4, -0.2) is 8.80 Å². The van der Waals surface area contributed by atoms with Crippen LogP contribution in [0.4, 0.5) is 0 Å². The van der Waals surface area contributed by atoms with Gasteiger partial charge in [-0.05, 0) is 5.54 Å². The summed E-state index contributed by atoms with van der Waals surface area (Å²) < 4.78 is 0. The summed E-state index contributed by atoms with van der Waals surface area (Å²) in [5.74, 6) is 0. The van der Waals surface area contributed by atoms with Crippen molar-refractivity contribution in [3.8, 4) is 0 Å². The van der Waals surface area contributed by atoms with Crippen LogP contribution < -0.4 is 0 Å². The van der Waals surface area contributed by atoms with Gasteiger partial charge >= 0.3 is 0 Å². The van der Waals surface area contributed by atoms with Gasteiger partial charge in [0.15, 0.2) is 0 Å². The van der Waals surface area contributed by atoms with E-state index in [1.807, 2.05) is 0 Å². The van der Waals surface area contributed by atoms with Crippen molar-refractivity contribution < 1.29 is 0 Å². The average Bonchev–Trinajstić information content (AvgIpc) is 1.89. The maximum atomic E-state index is 2.48. The predicted molar refractivity (Wildman–Crippen MR) is 52.4 cm³/mol. The van der Waals surface area contributed by atoms with E-state index in [0.29, 0.717) is 0 Å². The maximum absolute atomic E-state index is 2.48. The Morgan fingerprint density at radius 2 is 1.80 bits per heavy atom. The molecular weight excluding hydrogens is 136 g/mol. The maximum Gasteiger partial charge on any atom is 0.0336 e. The van der Waals surface area contributed by atoms with E-state index in [1.54, 1.807) is 0 Å². The minimum Gasteiger partial charge on any atom is -0.0720 e. The molecule has 1 atom stereocenters. The van der Waals surface area contributed by atoms with Gasteiger partial charge in [-0.25, -0.2) is 0 Å². The van der Waals surface area contributed by atoms with E-state index in [9.17, 15) is 0 Å². The van der Waals surface area contributed by atoms with Crippen molar-refractivity contribution in [3.05, 3.63) is 0 Å². The van der Waals surface area contributed by atoms with Crippen molar-refractivity contribution >= 4 is 8.80 Å². The Kier molecular flexibility index (Phi) is 6.09. The van der Waals surface area contributed by atoms with Crippen LogP contribution in [0.1, 0.15) is 39.5 Å². The van der Waals surface area contributed by atoms with Crippen LogP contribution in [0.3, 0.4) is 0 Å². The van der Waals surface area contributed by atoms with Gasteiger partial charge in [-0.2, -0.15) is 0 Å². The monoisotopic (exact) mass is 158 g/mol. The number of hydrogen-bond donors (Lipinski definition) is 0. The van der Waals surface area contributed by atoms with E-state index >= 15 is 0 Å². The van der Waals surface area contributed by atoms with Crippen molar-refractivity contribution in [2.24, 2.45) is 0 Å². The van der Waals surface area contributed by atoms with Crippen molar-refractivity contribution in [1.29, 1.82) is 0 Å². The molecule has 0 fully saturated rings. The molecule has 0 radical (unpaired) electrons. The van der Waals surface area contributed by atoms with Crippen molar-refractivity contribution in [3.63, 3.8) is 0 Å². The second kappa shape index (κ2) is 5.96. The highest BCUT2D eigenvalue weighted by Gasteiger charge is 2.10. The van der Waals surface area contributed by atoms with Crippen molar-refractivity contribution in [2.75, 3.05) is 0 Å². The highest BCUT2D eigenvalue weighted by atomic mass is 28.3. The van der Waals surface area contributed by atoms with Gasteiger partial charge in [0.1, 0.15) is 0 Å². The fraction of sp³-hybridized carbons (Fsp3) is 1.00. The Bertz CT molecular complexity index is 69.1. The third-order valence-corrected chi connectivity index (χ3v) is 5.09. The molecule has 0 amide bonds. The number of hydrogen-bond acceptors (Lipinski definition) is 0. The van der Waals surface area contributed by atoms with Crippen LogP contribution in [0.5, 0.6) is 0 Å². The third kappa shape index (κ3) is 4.10. The van der Waals surface area contributed by atoms with Crippen LogP contribution in [0.15, 0.2) is 0 Å². The first-order valence-corrected chi connectivity index (χ1v) is 7.69. The van der Waals surface area contributed by atoms with Gasteiger partial charge in [0, 0.05) is 8.80 Å². The summed E-state index contributed by atoms with van der Waals surface area (Å²) in [5, 5.41) is 0. The fourth-order valence-corrected chi connectivity index (χ4v) is 3.32. The molecule has 0 aromatic rings. The lowest BCUT2D eigenvalue weighted by Gasteiger charge is -2.16. The molecule has 0 spiro atoms. The zero-order valence-electron chi connectivity index (χ0n) is 7.98. The Labute approximate surface area is 67.6 Å². The van der Waals surface area contributed by atoms with E-state index in [1.165, 1.54) is 25.7 Å². The van der Waals surface area contributed by atoms with E-state index < -0.39 is 0 Å². The highest BCUT2D eigenvalue weighted by molar-refractivity contribution is 6.57. The molecule has 0 aromatic heterocycles. The SMILES string of the molecule is CCCCC(CC)[SiH](C)C. The molecule has 10 heavy (non-hydrogen) atoms. The summed E-state index contributed by atoms with van der Waals surface area (Å²) in [6.45, 7) is 9.58. The van der Waals surface area contributed by atoms with Gasteiger partial charge < -0.3 is 0 Å². The smallest absolute Gasteiger partial charge is 0.0336 e. The average molecular weight is 158 g/mol. The summed E-state index contributed by atoms with van der Waals surface area (Å²) in [7, 11) is -0.317. The van der Waals surface area contributed by atoms with Gasteiger partial charge in [0.25, 0.3) is 0 Å². The Balaban J connectivity index is 3.40. The lowest BCUT2D eigenvalue weighted by molar-refractivity contribution is 0.645. The number of rotatable bonds is 5. The van der Waals surface area contributed by atoms with Crippen LogP contribution in [0.2, 0.25) is 18.6 Å². The summed E-state index contributed by atoms with van der Waals surface area (Å²) in [6, 6.07) is 0. The first-order chi connectivity index (χ1) is 4.72. The van der Waals surface area contributed by atoms with Gasteiger partial charge in [-0.1, -0.05) is 52.6 Å². The van der Waals surface area contributed by atoms with E-state index in [-0.39, 0.29) is 8.80 Å². The molecule has 0 aliphatic heterocycles. The van der Waals surface area contributed by atoms with Crippen LogP contribution >= 0.6 is 0 Å². The van der Waals surface area contributed by atoms with E-state index in [2.05, 4.69) is 26.9 Å². The topological polar surface area (TPSA) is 0 Å². The minimum absolute atomic E-state index is 0.317. The van der Waals surface area contributed by atoms with Gasteiger partial charge in [-0.15, -0.1) is 0 Å². The molecule has 62 valence electrons. The fourth-order valence-electron chi connectivity index (χ4n) is 1.48. The van der Waals surface area contributed by atoms with Crippen molar-refractivity contribution in [2.45, 2.75) is 58.2 Å². The largest absolute Gasteiger partial charge is 0.0720 e. The first kappa shape index (κ1) is 10.2. The van der Waals surface area contributed by atoms with Crippen LogP contribution in [0.25, 0.3) is 0 Å². The Morgan fingerprint density at radius 3 is 2.10 bits per heavy atom. The van der Waals surface area contributed by atoms with Gasteiger partial charge in [0.05, 0.1) is 0 Å². The summed E-state index contributed by atoms with van der Waals surface area (Å²) in [5.41, 5.74) is 1.11. The quantitative estimate of drug-likeness (QED) is 0.538. The lowest BCUT2D eigenvalue weighted by Crippen LogP contribution is -2.10. The standard InChI is InChI=1S/C9H22Si/c1-5-7-8-9(6-2)10(3)4/h9-10H,5-8H2,1-4H3. The molecule has 0 saturated carbocycles. The van der Waals surface area contributed by atoms with Gasteiger partial charge in [-0.3, -0.25) is 0 Å². The molecule has 1 unspecified atom stereocenters. The Morgan fingerprint density at radius 1 is 1.20 bits per heavy atom. The molecule has 0 nitrogen and oxygen atoms in total. The molecule has 0 N–H and O–H groups in total. The molecule has 0 rings (SSSR count). The Hall–Kier alpha value is 0.217. The van der Waals surface area contributed by atoms with Crippen molar-refractivity contribution in [1.82, 2.24) is 0 Å². The second-order valence-electron chi connectivity index (χ2n) is 3.55. The highest BCUT2D eigenvalue weighted by Crippen LogP contribution is 2.21. The number of unbranched alkanes of at least 4 members (excludes halogenated alkanes) is 1.